The first kappa shape index (κ1) is 18.3. The van der Waals surface area contributed by atoms with Crippen LogP contribution in [-0.2, 0) is 16.0 Å². The van der Waals surface area contributed by atoms with E-state index < -0.39 is 0 Å². The van der Waals surface area contributed by atoms with Crippen LogP contribution in [0, 0.1) is 0 Å². The van der Waals surface area contributed by atoms with Crippen molar-refractivity contribution in [3.05, 3.63) is 58.2 Å². The molecule has 0 N–H and O–H groups in total. The molecule has 2 aromatic rings. The highest BCUT2D eigenvalue weighted by Gasteiger charge is 2.41. The summed E-state index contributed by atoms with van der Waals surface area (Å²) in [5.41, 5.74) is 2.26. The molecule has 3 rings (SSSR count). The third kappa shape index (κ3) is 3.55. The summed E-state index contributed by atoms with van der Waals surface area (Å²) < 4.78 is 0. The zero-order valence-electron chi connectivity index (χ0n) is 15.1. The normalized spacial score (nSPS) is 14.5. The van der Waals surface area contributed by atoms with Crippen LogP contribution in [-0.4, -0.2) is 46.2 Å². The molecule has 1 aliphatic heterocycles. The van der Waals surface area contributed by atoms with E-state index in [-0.39, 0.29) is 11.8 Å². The van der Waals surface area contributed by atoms with Gasteiger partial charge in [0, 0.05) is 36.9 Å². The van der Waals surface area contributed by atoms with Gasteiger partial charge in [-0.25, -0.2) is 0 Å². The summed E-state index contributed by atoms with van der Waals surface area (Å²) in [7, 11) is 0. The highest BCUT2D eigenvalue weighted by atomic mass is 32.1. The van der Waals surface area contributed by atoms with E-state index in [9.17, 15) is 9.59 Å². The van der Waals surface area contributed by atoms with Crippen molar-refractivity contribution < 1.29 is 9.59 Å². The summed E-state index contributed by atoms with van der Waals surface area (Å²) in [6, 6.07) is 7.79. The molecule has 0 aliphatic carbocycles. The average molecular weight is 369 g/mol. The number of hydrogen-bond acceptors (Lipinski definition) is 5. The minimum absolute atomic E-state index is 0.170. The first-order valence-electron chi connectivity index (χ1n) is 8.95. The maximum atomic E-state index is 13.0. The minimum Gasteiger partial charge on any atom is -0.366 e. The Bertz CT molecular complexity index is 800. The van der Waals surface area contributed by atoms with Gasteiger partial charge in [-0.3, -0.25) is 19.5 Å². The van der Waals surface area contributed by atoms with Gasteiger partial charge in [0.05, 0.1) is 5.57 Å². The van der Waals surface area contributed by atoms with Crippen LogP contribution < -0.4 is 0 Å². The van der Waals surface area contributed by atoms with Crippen LogP contribution in [0.4, 0.5) is 0 Å². The summed E-state index contributed by atoms with van der Waals surface area (Å²) in [4.78, 5) is 34.3. The Kier molecular flexibility index (Phi) is 5.83. The monoisotopic (exact) mass is 369 g/mol. The number of carbonyl (C=O) groups is 2. The SMILES string of the molecule is CCCN1C(=O)C(c2cccs2)=C(N(CC)CCc2ccncc2)C1=O. The molecule has 0 atom stereocenters. The number of amides is 2. The van der Waals surface area contributed by atoms with Gasteiger partial charge in [-0.1, -0.05) is 13.0 Å². The van der Waals surface area contributed by atoms with E-state index in [0.717, 1.165) is 17.7 Å². The summed E-state index contributed by atoms with van der Waals surface area (Å²) in [5, 5.41) is 1.94. The quantitative estimate of drug-likeness (QED) is 0.671. The topological polar surface area (TPSA) is 53.5 Å². The fraction of sp³-hybridized carbons (Fsp3) is 0.350. The van der Waals surface area contributed by atoms with E-state index in [1.165, 1.54) is 21.8 Å². The van der Waals surface area contributed by atoms with Crippen molar-refractivity contribution in [1.82, 2.24) is 14.8 Å². The van der Waals surface area contributed by atoms with Gasteiger partial charge in [0.1, 0.15) is 5.70 Å². The van der Waals surface area contributed by atoms with Crippen LogP contribution in [0.5, 0.6) is 0 Å². The first-order valence-corrected chi connectivity index (χ1v) is 9.83. The Labute approximate surface area is 158 Å². The van der Waals surface area contributed by atoms with E-state index in [0.29, 0.717) is 30.9 Å². The molecule has 0 bridgehead atoms. The van der Waals surface area contributed by atoms with E-state index >= 15 is 0 Å². The van der Waals surface area contributed by atoms with Gasteiger partial charge in [-0.2, -0.15) is 0 Å². The van der Waals surface area contributed by atoms with Gasteiger partial charge >= 0.3 is 0 Å². The molecule has 3 heterocycles. The molecule has 0 fully saturated rings. The number of imide groups is 1. The summed E-state index contributed by atoms with van der Waals surface area (Å²) in [5.74, 6) is -0.339. The number of carbonyl (C=O) groups excluding carboxylic acids is 2. The first-order chi connectivity index (χ1) is 12.7. The molecule has 6 heteroatoms. The molecule has 1 aliphatic rings. The Hall–Kier alpha value is -2.47. The van der Waals surface area contributed by atoms with Crippen LogP contribution >= 0.6 is 11.3 Å². The van der Waals surface area contributed by atoms with Crippen molar-refractivity contribution in [2.24, 2.45) is 0 Å². The highest BCUT2D eigenvalue weighted by Crippen LogP contribution is 2.34. The zero-order chi connectivity index (χ0) is 18.5. The lowest BCUT2D eigenvalue weighted by Gasteiger charge is -2.24. The molecule has 5 nitrogen and oxygen atoms in total. The van der Waals surface area contributed by atoms with E-state index in [1.807, 2.05) is 48.4 Å². The van der Waals surface area contributed by atoms with Crippen molar-refractivity contribution in [2.45, 2.75) is 26.7 Å². The lowest BCUT2D eigenvalue weighted by atomic mass is 10.1. The molecule has 0 saturated carbocycles. The zero-order valence-corrected chi connectivity index (χ0v) is 16.0. The maximum absolute atomic E-state index is 13.0. The van der Waals surface area contributed by atoms with Crippen LogP contribution in [0.2, 0.25) is 0 Å². The molecule has 0 aromatic carbocycles. The molecular formula is C20H23N3O2S. The number of thiophene rings is 1. The lowest BCUT2D eigenvalue weighted by Crippen LogP contribution is -2.36. The Balaban J connectivity index is 1.93. The second kappa shape index (κ2) is 8.27. The third-order valence-electron chi connectivity index (χ3n) is 4.48. The number of rotatable bonds is 8. The van der Waals surface area contributed by atoms with Crippen molar-refractivity contribution in [3.63, 3.8) is 0 Å². The fourth-order valence-corrected chi connectivity index (χ4v) is 3.93. The Morgan fingerprint density at radius 1 is 1.12 bits per heavy atom. The van der Waals surface area contributed by atoms with Crippen molar-refractivity contribution in [3.8, 4) is 0 Å². The molecule has 2 aromatic heterocycles. The van der Waals surface area contributed by atoms with Gasteiger partial charge in [-0.05, 0) is 48.9 Å². The number of aromatic nitrogens is 1. The molecule has 26 heavy (non-hydrogen) atoms. The van der Waals surface area contributed by atoms with Crippen molar-refractivity contribution in [1.29, 1.82) is 0 Å². The van der Waals surface area contributed by atoms with Crippen LogP contribution in [0.25, 0.3) is 5.57 Å². The third-order valence-corrected chi connectivity index (χ3v) is 5.36. The molecule has 0 saturated heterocycles. The highest BCUT2D eigenvalue weighted by molar-refractivity contribution is 7.11. The van der Waals surface area contributed by atoms with E-state index in [1.54, 1.807) is 12.4 Å². The van der Waals surface area contributed by atoms with Gasteiger partial charge in [0.15, 0.2) is 0 Å². The van der Waals surface area contributed by atoms with Crippen LogP contribution in [0.1, 0.15) is 30.7 Å². The van der Waals surface area contributed by atoms with E-state index in [2.05, 4.69) is 4.98 Å². The smallest absolute Gasteiger partial charge is 0.277 e. The lowest BCUT2D eigenvalue weighted by molar-refractivity contribution is -0.137. The summed E-state index contributed by atoms with van der Waals surface area (Å²) in [6.07, 6.45) is 5.10. The van der Waals surface area contributed by atoms with Gasteiger partial charge in [0.2, 0.25) is 0 Å². The Morgan fingerprint density at radius 3 is 2.50 bits per heavy atom. The fourth-order valence-electron chi connectivity index (χ4n) is 3.17. The number of hydrogen-bond donors (Lipinski definition) is 0. The molecule has 0 spiro atoms. The predicted molar refractivity (Wildman–Crippen MR) is 103 cm³/mol. The standard InChI is InChI=1S/C20H23N3O2S/c1-3-12-23-19(24)17(16-6-5-14-26-16)18(20(23)25)22(4-2)13-9-15-7-10-21-11-8-15/h5-8,10-11,14H,3-4,9,12-13H2,1-2H3. The van der Waals surface area contributed by atoms with Crippen LogP contribution in [0.15, 0.2) is 47.7 Å². The van der Waals surface area contributed by atoms with Crippen LogP contribution in [0.3, 0.4) is 0 Å². The van der Waals surface area contributed by atoms with Crippen molar-refractivity contribution in [2.75, 3.05) is 19.6 Å². The van der Waals surface area contributed by atoms with Gasteiger partial charge in [0.25, 0.3) is 11.8 Å². The number of likely N-dealkylation sites (N-methyl/N-ethyl adjacent to an activating group) is 1. The van der Waals surface area contributed by atoms with Gasteiger partial charge in [-0.15, -0.1) is 11.3 Å². The molecule has 0 unspecified atom stereocenters. The molecule has 2 amide bonds. The predicted octanol–water partition coefficient (Wildman–Crippen LogP) is 3.20. The number of nitrogens with zero attached hydrogens (tertiary/aromatic N) is 3. The van der Waals surface area contributed by atoms with Gasteiger partial charge < -0.3 is 4.90 Å². The molecule has 0 radical (unpaired) electrons. The summed E-state index contributed by atoms with van der Waals surface area (Å²) >= 11 is 1.50. The second-order valence-corrected chi connectivity index (χ2v) is 7.10. The van der Waals surface area contributed by atoms with E-state index in [4.69, 9.17) is 0 Å². The molecular weight excluding hydrogens is 346 g/mol. The number of pyridine rings is 1. The van der Waals surface area contributed by atoms with Crippen molar-refractivity contribution >= 4 is 28.7 Å². The average Bonchev–Trinajstić information content (AvgIpc) is 3.26. The second-order valence-electron chi connectivity index (χ2n) is 6.15. The summed E-state index contributed by atoms with van der Waals surface area (Å²) in [6.45, 7) is 5.81. The molecule has 136 valence electrons. The maximum Gasteiger partial charge on any atom is 0.277 e. The largest absolute Gasteiger partial charge is 0.366 e. The Morgan fingerprint density at radius 2 is 1.88 bits per heavy atom. The minimum atomic E-state index is -0.170.